The predicted molar refractivity (Wildman–Crippen MR) is 104 cm³/mol. The lowest BCUT2D eigenvalue weighted by atomic mass is 10.1. The zero-order valence-electron chi connectivity index (χ0n) is 14.9. The smallest absolute Gasteiger partial charge is 0.255 e. The van der Waals surface area contributed by atoms with Crippen LogP contribution >= 0.6 is 0 Å². The van der Waals surface area contributed by atoms with E-state index in [-0.39, 0.29) is 10.8 Å². The van der Waals surface area contributed by atoms with Gasteiger partial charge in [0.2, 0.25) is 10.0 Å². The molecule has 0 radical (unpaired) electrons. The molecule has 0 saturated heterocycles. The van der Waals surface area contributed by atoms with Gasteiger partial charge in [0.15, 0.2) is 0 Å². The van der Waals surface area contributed by atoms with Crippen molar-refractivity contribution in [2.24, 2.45) is 0 Å². The van der Waals surface area contributed by atoms with Gasteiger partial charge in [-0.2, -0.15) is 0 Å². The summed E-state index contributed by atoms with van der Waals surface area (Å²) in [4.78, 5) is 12.8. The molecule has 0 atom stereocenters. The first-order valence-electron chi connectivity index (χ1n) is 8.12. The van der Waals surface area contributed by atoms with Crippen LogP contribution in [0.15, 0.2) is 65.6 Å². The number of benzene rings is 3. The third kappa shape index (κ3) is 3.47. The summed E-state index contributed by atoms with van der Waals surface area (Å²) in [5, 5.41) is 4.85. The predicted octanol–water partition coefficient (Wildman–Crippen LogP) is 3.65. The Bertz CT molecular complexity index is 1090. The Morgan fingerprint density at radius 2 is 1.62 bits per heavy atom. The van der Waals surface area contributed by atoms with Crippen LogP contribution < -0.4 is 5.32 Å². The van der Waals surface area contributed by atoms with Gasteiger partial charge in [-0.05, 0) is 47.5 Å². The van der Waals surface area contributed by atoms with Gasteiger partial charge in [-0.1, -0.05) is 36.4 Å². The van der Waals surface area contributed by atoms with E-state index in [1.165, 1.54) is 26.2 Å². The minimum atomic E-state index is -3.56. The standard InChI is InChI=1S/C20H20N2O3S/c1-14-8-11-18(26(24,25)22(2)3)13-19(14)21-20(23)17-10-9-15-6-4-5-7-16(15)12-17/h4-13H,1-3H3,(H,21,23). The minimum Gasteiger partial charge on any atom is -0.322 e. The second-order valence-electron chi connectivity index (χ2n) is 6.28. The summed E-state index contributed by atoms with van der Waals surface area (Å²) in [6, 6.07) is 18.0. The Kier molecular flexibility index (Phi) is 4.80. The van der Waals surface area contributed by atoms with Crippen LogP contribution in [0.2, 0.25) is 0 Å². The maximum Gasteiger partial charge on any atom is 0.255 e. The average Bonchev–Trinajstić information content (AvgIpc) is 2.62. The van der Waals surface area contributed by atoms with Gasteiger partial charge in [0.1, 0.15) is 0 Å². The number of fused-ring (bicyclic) bond motifs is 1. The lowest BCUT2D eigenvalue weighted by Gasteiger charge is -2.14. The second-order valence-corrected chi connectivity index (χ2v) is 8.43. The Labute approximate surface area is 153 Å². The fourth-order valence-electron chi connectivity index (χ4n) is 2.63. The average molecular weight is 368 g/mol. The summed E-state index contributed by atoms with van der Waals surface area (Å²) in [5.41, 5.74) is 1.78. The molecule has 3 rings (SSSR count). The van der Waals surface area contributed by atoms with Crippen LogP contribution in [-0.4, -0.2) is 32.7 Å². The van der Waals surface area contributed by atoms with Crippen LogP contribution in [0.4, 0.5) is 5.69 Å². The Morgan fingerprint density at radius 1 is 0.923 bits per heavy atom. The zero-order chi connectivity index (χ0) is 18.9. The topological polar surface area (TPSA) is 66.5 Å². The number of amides is 1. The molecule has 6 heteroatoms. The van der Waals surface area contributed by atoms with Crippen molar-refractivity contribution in [3.8, 4) is 0 Å². The number of nitrogens with one attached hydrogen (secondary N) is 1. The van der Waals surface area contributed by atoms with Crippen molar-refractivity contribution in [3.05, 3.63) is 71.8 Å². The van der Waals surface area contributed by atoms with Crippen molar-refractivity contribution in [1.82, 2.24) is 4.31 Å². The third-order valence-corrected chi connectivity index (χ3v) is 6.06. The fraction of sp³-hybridized carbons (Fsp3) is 0.150. The number of carbonyl (C=O) groups excluding carboxylic acids is 1. The molecule has 0 saturated carbocycles. The van der Waals surface area contributed by atoms with Gasteiger partial charge in [0, 0.05) is 25.3 Å². The Balaban J connectivity index is 1.93. The molecule has 0 aliphatic rings. The largest absolute Gasteiger partial charge is 0.322 e. The molecule has 0 aliphatic heterocycles. The van der Waals surface area contributed by atoms with E-state index in [1.807, 2.05) is 43.3 Å². The molecular weight excluding hydrogens is 348 g/mol. The van der Waals surface area contributed by atoms with Crippen molar-refractivity contribution in [2.45, 2.75) is 11.8 Å². The highest BCUT2D eigenvalue weighted by Crippen LogP contribution is 2.23. The summed E-state index contributed by atoms with van der Waals surface area (Å²) in [6.07, 6.45) is 0. The van der Waals surface area contributed by atoms with Crippen LogP contribution in [0, 0.1) is 6.92 Å². The number of nitrogens with zero attached hydrogens (tertiary/aromatic N) is 1. The van der Waals surface area contributed by atoms with Gasteiger partial charge in [-0.3, -0.25) is 4.79 Å². The number of anilines is 1. The molecule has 3 aromatic carbocycles. The van der Waals surface area contributed by atoms with Crippen molar-refractivity contribution >= 4 is 32.4 Å². The number of aryl methyl sites for hydroxylation is 1. The quantitative estimate of drug-likeness (QED) is 0.764. The number of carbonyl (C=O) groups is 1. The SMILES string of the molecule is Cc1ccc(S(=O)(=O)N(C)C)cc1NC(=O)c1ccc2ccccc2c1. The van der Waals surface area contributed by atoms with Crippen LogP contribution in [-0.2, 0) is 10.0 Å². The van der Waals surface area contributed by atoms with E-state index in [4.69, 9.17) is 0 Å². The maximum absolute atomic E-state index is 12.6. The van der Waals surface area contributed by atoms with Crippen LogP contribution in [0.25, 0.3) is 10.8 Å². The Hall–Kier alpha value is -2.70. The highest BCUT2D eigenvalue weighted by atomic mass is 32.2. The fourth-order valence-corrected chi connectivity index (χ4v) is 3.56. The molecule has 0 bridgehead atoms. The molecule has 5 nitrogen and oxygen atoms in total. The summed E-state index contributed by atoms with van der Waals surface area (Å²) in [7, 11) is -0.614. The van der Waals surface area contributed by atoms with E-state index in [2.05, 4.69) is 5.32 Å². The molecule has 0 spiro atoms. The van der Waals surface area contributed by atoms with E-state index < -0.39 is 10.0 Å². The first-order chi connectivity index (χ1) is 12.3. The molecule has 1 amide bonds. The van der Waals surface area contributed by atoms with Crippen LogP contribution in [0.1, 0.15) is 15.9 Å². The molecule has 1 N–H and O–H groups in total. The van der Waals surface area contributed by atoms with E-state index in [0.717, 1.165) is 20.6 Å². The molecular formula is C20H20N2O3S. The van der Waals surface area contributed by atoms with E-state index >= 15 is 0 Å². The first-order valence-corrected chi connectivity index (χ1v) is 9.56. The minimum absolute atomic E-state index is 0.141. The highest BCUT2D eigenvalue weighted by Gasteiger charge is 2.19. The van der Waals surface area contributed by atoms with Gasteiger partial charge in [-0.25, -0.2) is 12.7 Å². The van der Waals surface area contributed by atoms with Gasteiger partial charge >= 0.3 is 0 Å². The second kappa shape index (κ2) is 6.90. The number of hydrogen-bond acceptors (Lipinski definition) is 3. The normalized spacial score (nSPS) is 11.7. The summed E-state index contributed by atoms with van der Waals surface area (Å²) < 4.78 is 25.8. The molecule has 0 aliphatic carbocycles. The van der Waals surface area contributed by atoms with Gasteiger partial charge in [0.25, 0.3) is 5.91 Å². The summed E-state index contributed by atoms with van der Waals surface area (Å²) >= 11 is 0. The molecule has 0 fully saturated rings. The van der Waals surface area contributed by atoms with Gasteiger partial charge < -0.3 is 5.32 Å². The van der Waals surface area contributed by atoms with Crippen molar-refractivity contribution in [1.29, 1.82) is 0 Å². The van der Waals surface area contributed by atoms with Crippen molar-refractivity contribution in [2.75, 3.05) is 19.4 Å². The van der Waals surface area contributed by atoms with Gasteiger partial charge in [-0.15, -0.1) is 0 Å². The maximum atomic E-state index is 12.6. The molecule has 0 aromatic heterocycles. The summed E-state index contributed by atoms with van der Waals surface area (Å²) in [5.74, 6) is -0.279. The third-order valence-electron chi connectivity index (χ3n) is 4.25. The van der Waals surface area contributed by atoms with Crippen molar-refractivity contribution in [3.63, 3.8) is 0 Å². The number of hydrogen-bond donors (Lipinski definition) is 1. The van der Waals surface area contributed by atoms with E-state index in [0.29, 0.717) is 11.3 Å². The molecule has 26 heavy (non-hydrogen) atoms. The Morgan fingerprint density at radius 3 is 2.31 bits per heavy atom. The number of sulfonamides is 1. The van der Waals surface area contributed by atoms with Crippen LogP contribution in [0.5, 0.6) is 0 Å². The zero-order valence-corrected chi connectivity index (χ0v) is 15.7. The summed E-state index contributed by atoms with van der Waals surface area (Å²) in [6.45, 7) is 1.82. The first kappa shape index (κ1) is 18.1. The van der Waals surface area contributed by atoms with E-state index in [9.17, 15) is 13.2 Å². The number of rotatable bonds is 4. The highest BCUT2D eigenvalue weighted by molar-refractivity contribution is 7.89. The van der Waals surface area contributed by atoms with E-state index in [1.54, 1.807) is 12.1 Å². The van der Waals surface area contributed by atoms with Crippen molar-refractivity contribution < 1.29 is 13.2 Å². The lowest BCUT2D eigenvalue weighted by molar-refractivity contribution is 0.102. The van der Waals surface area contributed by atoms with Crippen LogP contribution in [0.3, 0.4) is 0 Å². The molecule has 0 heterocycles. The van der Waals surface area contributed by atoms with Gasteiger partial charge in [0.05, 0.1) is 4.90 Å². The molecule has 3 aromatic rings. The molecule has 134 valence electrons. The molecule has 0 unspecified atom stereocenters. The lowest BCUT2D eigenvalue weighted by Crippen LogP contribution is -2.22. The monoisotopic (exact) mass is 368 g/mol.